The minimum Gasteiger partial charge on any atom is -0.461 e. The summed E-state index contributed by atoms with van der Waals surface area (Å²) in [4.78, 5) is 10.8. The number of hydrogen-bond donors (Lipinski definition) is 1. The van der Waals surface area contributed by atoms with Crippen LogP contribution in [-0.2, 0) is 9.53 Å². The van der Waals surface area contributed by atoms with Crippen LogP contribution in [0.5, 0.6) is 0 Å². The van der Waals surface area contributed by atoms with Crippen LogP contribution >= 0.6 is 0 Å². The Bertz CT molecular complexity index is 148. The summed E-state index contributed by atoms with van der Waals surface area (Å²) in [5.41, 5.74) is 0. The molecule has 1 fully saturated rings. The van der Waals surface area contributed by atoms with E-state index in [1.807, 2.05) is 0 Å². The Labute approximate surface area is 79.1 Å². The van der Waals surface area contributed by atoms with E-state index in [-0.39, 0.29) is 6.10 Å². The highest BCUT2D eigenvalue weighted by Gasteiger charge is 2.14. The van der Waals surface area contributed by atoms with Crippen molar-refractivity contribution in [1.29, 1.82) is 0 Å². The molecule has 0 amide bonds. The summed E-state index contributed by atoms with van der Waals surface area (Å²) in [6.45, 7) is -0.490. The minimum absolute atomic E-state index is 0.0555. The van der Waals surface area contributed by atoms with Crippen LogP contribution in [0.4, 0.5) is 0 Å². The first-order valence-electron chi connectivity index (χ1n) is 5.13. The van der Waals surface area contributed by atoms with Crippen molar-refractivity contribution in [1.82, 2.24) is 0 Å². The molecule has 0 aliphatic heterocycles. The number of aliphatic hydroxyl groups is 1. The zero-order valence-electron chi connectivity index (χ0n) is 8.00. The second-order valence-electron chi connectivity index (χ2n) is 3.62. The highest BCUT2D eigenvalue weighted by Crippen LogP contribution is 2.19. The molecule has 1 N–H and O–H groups in total. The van der Waals surface area contributed by atoms with Gasteiger partial charge in [-0.05, 0) is 25.7 Å². The summed E-state index contributed by atoms with van der Waals surface area (Å²) in [7, 11) is 0. The standard InChI is InChI=1S/C10H18O3/c11-8-10(12)13-9-6-4-2-1-3-5-7-9/h9,11H,1-8H2. The van der Waals surface area contributed by atoms with Gasteiger partial charge in [0.15, 0.2) is 0 Å². The monoisotopic (exact) mass is 186 g/mol. The molecule has 0 aromatic heterocycles. The summed E-state index contributed by atoms with van der Waals surface area (Å²) in [5.74, 6) is -0.481. The molecule has 1 aliphatic rings. The van der Waals surface area contributed by atoms with E-state index in [9.17, 15) is 4.79 Å². The van der Waals surface area contributed by atoms with E-state index in [0.29, 0.717) is 0 Å². The summed E-state index contributed by atoms with van der Waals surface area (Å²) >= 11 is 0. The zero-order valence-corrected chi connectivity index (χ0v) is 8.00. The van der Waals surface area contributed by atoms with Gasteiger partial charge >= 0.3 is 5.97 Å². The van der Waals surface area contributed by atoms with E-state index < -0.39 is 12.6 Å². The fourth-order valence-electron chi connectivity index (χ4n) is 1.76. The van der Waals surface area contributed by atoms with Crippen LogP contribution in [0.25, 0.3) is 0 Å². The van der Waals surface area contributed by atoms with Gasteiger partial charge in [0.05, 0.1) is 0 Å². The Hall–Kier alpha value is -0.570. The highest BCUT2D eigenvalue weighted by molar-refractivity contribution is 5.70. The number of esters is 1. The first-order valence-corrected chi connectivity index (χ1v) is 5.13. The lowest BCUT2D eigenvalue weighted by atomic mass is 9.99. The fraction of sp³-hybridized carbons (Fsp3) is 0.900. The van der Waals surface area contributed by atoms with Crippen molar-refractivity contribution in [3.05, 3.63) is 0 Å². The molecule has 1 aliphatic carbocycles. The Morgan fingerprint density at radius 1 is 1.15 bits per heavy atom. The molecule has 0 spiro atoms. The molecule has 3 nitrogen and oxygen atoms in total. The second-order valence-corrected chi connectivity index (χ2v) is 3.62. The van der Waals surface area contributed by atoms with Crippen molar-refractivity contribution in [2.45, 2.75) is 51.0 Å². The van der Waals surface area contributed by atoms with Gasteiger partial charge in [0, 0.05) is 0 Å². The van der Waals surface area contributed by atoms with Gasteiger partial charge in [-0.1, -0.05) is 19.3 Å². The van der Waals surface area contributed by atoms with Crippen LogP contribution in [0.2, 0.25) is 0 Å². The lowest BCUT2D eigenvalue weighted by Crippen LogP contribution is -2.21. The molecule has 3 heteroatoms. The topological polar surface area (TPSA) is 46.5 Å². The van der Waals surface area contributed by atoms with E-state index in [0.717, 1.165) is 25.7 Å². The SMILES string of the molecule is O=C(CO)OC1CCCCCCC1. The van der Waals surface area contributed by atoms with Crippen molar-refractivity contribution in [2.75, 3.05) is 6.61 Å². The van der Waals surface area contributed by atoms with Gasteiger partial charge in [0.1, 0.15) is 12.7 Å². The zero-order chi connectivity index (χ0) is 9.52. The molecule has 1 rings (SSSR count). The summed E-state index contributed by atoms with van der Waals surface area (Å²) in [6.07, 6.45) is 8.06. The van der Waals surface area contributed by atoms with E-state index in [4.69, 9.17) is 9.84 Å². The largest absolute Gasteiger partial charge is 0.461 e. The van der Waals surface area contributed by atoms with E-state index >= 15 is 0 Å². The minimum atomic E-state index is -0.490. The molecule has 0 bridgehead atoms. The number of rotatable bonds is 2. The molecule has 1 saturated carbocycles. The molecular weight excluding hydrogens is 168 g/mol. The normalized spacial score (nSPS) is 20.4. The summed E-state index contributed by atoms with van der Waals surface area (Å²) in [5, 5.41) is 8.52. The molecule has 0 radical (unpaired) electrons. The first-order chi connectivity index (χ1) is 6.33. The Kier molecular flexibility index (Phi) is 4.83. The van der Waals surface area contributed by atoms with E-state index in [1.54, 1.807) is 0 Å². The quantitative estimate of drug-likeness (QED) is 0.667. The number of carbonyl (C=O) groups is 1. The van der Waals surface area contributed by atoms with Crippen LogP contribution in [0.1, 0.15) is 44.9 Å². The third kappa shape index (κ3) is 4.27. The van der Waals surface area contributed by atoms with Crippen LogP contribution < -0.4 is 0 Å². The van der Waals surface area contributed by atoms with Crippen LogP contribution in [0, 0.1) is 0 Å². The lowest BCUT2D eigenvalue weighted by molar-refractivity contribution is -0.153. The van der Waals surface area contributed by atoms with Gasteiger partial charge in [-0.25, -0.2) is 4.79 Å². The Morgan fingerprint density at radius 3 is 2.23 bits per heavy atom. The molecule has 0 unspecified atom stereocenters. The van der Waals surface area contributed by atoms with E-state index in [2.05, 4.69) is 0 Å². The van der Waals surface area contributed by atoms with Crippen LogP contribution in [-0.4, -0.2) is 23.8 Å². The first kappa shape index (κ1) is 10.5. The van der Waals surface area contributed by atoms with Gasteiger partial charge in [0.25, 0.3) is 0 Å². The third-order valence-electron chi connectivity index (χ3n) is 2.48. The maximum Gasteiger partial charge on any atom is 0.332 e. The van der Waals surface area contributed by atoms with E-state index in [1.165, 1.54) is 19.3 Å². The number of carbonyl (C=O) groups excluding carboxylic acids is 1. The molecular formula is C10H18O3. The average Bonchev–Trinajstić information content (AvgIpc) is 2.09. The van der Waals surface area contributed by atoms with Gasteiger partial charge in [0.2, 0.25) is 0 Å². The van der Waals surface area contributed by atoms with Crippen molar-refractivity contribution in [3.63, 3.8) is 0 Å². The fourth-order valence-corrected chi connectivity index (χ4v) is 1.76. The predicted octanol–water partition coefficient (Wildman–Crippen LogP) is 1.63. The van der Waals surface area contributed by atoms with Gasteiger partial charge in [-0.15, -0.1) is 0 Å². The molecule has 0 saturated heterocycles. The van der Waals surface area contributed by atoms with Gasteiger partial charge < -0.3 is 9.84 Å². The molecule has 0 heterocycles. The van der Waals surface area contributed by atoms with Crippen molar-refractivity contribution in [3.8, 4) is 0 Å². The van der Waals surface area contributed by atoms with Crippen molar-refractivity contribution < 1.29 is 14.6 Å². The summed E-state index contributed by atoms with van der Waals surface area (Å²) < 4.78 is 5.09. The van der Waals surface area contributed by atoms with Crippen LogP contribution in [0.15, 0.2) is 0 Å². The van der Waals surface area contributed by atoms with Crippen LogP contribution in [0.3, 0.4) is 0 Å². The lowest BCUT2D eigenvalue weighted by Gasteiger charge is -2.19. The van der Waals surface area contributed by atoms with Crippen molar-refractivity contribution in [2.24, 2.45) is 0 Å². The summed E-state index contributed by atoms with van der Waals surface area (Å²) in [6, 6.07) is 0. The molecule has 0 aromatic rings. The second kappa shape index (κ2) is 5.97. The Morgan fingerprint density at radius 2 is 1.69 bits per heavy atom. The molecule has 13 heavy (non-hydrogen) atoms. The molecule has 0 atom stereocenters. The predicted molar refractivity (Wildman–Crippen MR) is 49.3 cm³/mol. The number of aliphatic hydroxyl groups excluding tert-OH is 1. The number of ether oxygens (including phenoxy) is 1. The third-order valence-corrected chi connectivity index (χ3v) is 2.48. The molecule has 0 aromatic carbocycles. The van der Waals surface area contributed by atoms with Gasteiger partial charge in [-0.2, -0.15) is 0 Å². The van der Waals surface area contributed by atoms with Gasteiger partial charge in [-0.3, -0.25) is 0 Å². The highest BCUT2D eigenvalue weighted by atomic mass is 16.6. The average molecular weight is 186 g/mol. The number of hydrogen-bond acceptors (Lipinski definition) is 3. The molecule has 76 valence electrons. The maximum atomic E-state index is 10.8. The maximum absolute atomic E-state index is 10.8. The smallest absolute Gasteiger partial charge is 0.332 e. The van der Waals surface area contributed by atoms with Crippen molar-refractivity contribution >= 4 is 5.97 Å². The Balaban J connectivity index is 2.25.